The molecule has 0 aliphatic heterocycles. The van der Waals surface area contributed by atoms with E-state index in [1.54, 1.807) is 30.3 Å². The molecular formula is C18H18N2O4. The lowest BCUT2D eigenvalue weighted by molar-refractivity contribution is 0.0502. The van der Waals surface area contributed by atoms with Gasteiger partial charge >= 0.3 is 5.97 Å². The van der Waals surface area contributed by atoms with Crippen molar-refractivity contribution in [2.75, 3.05) is 6.61 Å². The summed E-state index contributed by atoms with van der Waals surface area (Å²) >= 11 is 0. The Bertz CT molecular complexity index is 752. The molecule has 6 heteroatoms. The molecule has 0 unspecified atom stereocenters. The molecule has 24 heavy (non-hydrogen) atoms. The van der Waals surface area contributed by atoms with Gasteiger partial charge in [0.15, 0.2) is 0 Å². The molecule has 0 fully saturated rings. The molecule has 2 rings (SSSR count). The number of hydrogen-bond donors (Lipinski definition) is 2. The molecule has 0 aromatic heterocycles. The number of carbonyl (C=O) groups excluding carboxylic acids is 1. The number of phenols is 2. The number of nitrogens with zero attached hydrogens (tertiary/aromatic N) is 2. The molecule has 2 N–H and O–H groups in total. The molecule has 0 amide bonds. The Labute approximate surface area is 139 Å². The third-order valence-corrected chi connectivity index (χ3v) is 3.05. The third-order valence-electron chi connectivity index (χ3n) is 3.05. The Morgan fingerprint density at radius 1 is 1.04 bits per heavy atom. The second-order valence-electron chi connectivity index (χ2n) is 4.99. The van der Waals surface area contributed by atoms with E-state index >= 15 is 0 Å². The van der Waals surface area contributed by atoms with Gasteiger partial charge in [0.25, 0.3) is 0 Å². The van der Waals surface area contributed by atoms with Gasteiger partial charge in [-0.1, -0.05) is 6.92 Å². The SMILES string of the molecule is CCCOC(=O)c1cc(/C=N/N=C/c2ccc(O)cc2)ccc1O. The zero-order chi connectivity index (χ0) is 17.4. The van der Waals surface area contributed by atoms with Crippen LogP contribution in [0.4, 0.5) is 0 Å². The van der Waals surface area contributed by atoms with Crippen molar-refractivity contribution in [3.05, 3.63) is 59.2 Å². The number of phenolic OH excluding ortho intramolecular Hbond substituents is 2. The molecule has 0 aliphatic rings. The van der Waals surface area contributed by atoms with Crippen LogP contribution in [0.15, 0.2) is 52.7 Å². The Morgan fingerprint density at radius 2 is 1.67 bits per heavy atom. The fraction of sp³-hybridized carbons (Fsp3) is 0.167. The normalized spacial score (nSPS) is 11.2. The molecule has 0 spiro atoms. The van der Waals surface area contributed by atoms with Gasteiger partial charge in [0.1, 0.15) is 17.1 Å². The van der Waals surface area contributed by atoms with Crippen LogP contribution in [0.25, 0.3) is 0 Å². The molecule has 0 bridgehead atoms. The van der Waals surface area contributed by atoms with Gasteiger partial charge in [0, 0.05) is 0 Å². The number of ether oxygens (including phenoxy) is 1. The molecule has 2 aromatic rings. The smallest absolute Gasteiger partial charge is 0.341 e. The van der Waals surface area contributed by atoms with E-state index in [9.17, 15) is 15.0 Å². The Morgan fingerprint density at radius 3 is 2.33 bits per heavy atom. The summed E-state index contributed by atoms with van der Waals surface area (Å²) in [6, 6.07) is 11.0. The van der Waals surface area contributed by atoms with Gasteiger partial charge in [-0.3, -0.25) is 0 Å². The fourth-order valence-electron chi connectivity index (χ4n) is 1.83. The minimum atomic E-state index is -0.572. The van der Waals surface area contributed by atoms with Crippen molar-refractivity contribution in [3.63, 3.8) is 0 Å². The van der Waals surface area contributed by atoms with E-state index in [1.165, 1.54) is 24.6 Å². The minimum Gasteiger partial charge on any atom is -0.508 e. The number of rotatable bonds is 6. The highest BCUT2D eigenvalue weighted by molar-refractivity contribution is 5.95. The van der Waals surface area contributed by atoms with E-state index in [4.69, 9.17) is 4.74 Å². The van der Waals surface area contributed by atoms with E-state index < -0.39 is 5.97 Å². The molecule has 0 aliphatic carbocycles. The molecule has 124 valence electrons. The second-order valence-corrected chi connectivity index (χ2v) is 4.99. The maximum absolute atomic E-state index is 11.8. The first-order valence-electron chi connectivity index (χ1n) is 7.45. The van der Waals surface area contributed by atoms with Crippen molar-refractivity contribution in [3.8, 4) is 11.5 Å². The van der Waals surface area contributed by atoms with Gasteiger partial charge in [0.2, 0.25) is 0 Å². The maximum atomic E-state index is 11.8. The van der Waals surface area contributed by atoms with Crippen molar-refractivity contribution in [2.45, 2.75) is 13.3 Å². The lowest BCUT2D eigenvalue weighted by atomic mass is 10.1. The van der Waals surface area contributed by atoms with Gasteiger partial charge in [-0.15, -0.1) is 0 Å². The second kappa shape index (κ2) is 8.47. The van der Waals surface area contributed by atoms with Crippen LogP contribution < -0.4 is 0 Å². The minimum absolute atomic E-state index is 0.0925. The summed E-state index contributed by atoms with van der Waals surface area (Å²) < 4.78 is 5.01. The van der Waals surface area contributed by atoms with E-state index in [-0.39, 0.29) is 17.1 Å². The summed E-state index contributed by atoms with van der Waals surface area (Å²) in [5, 5.41) is 26.7. The first kappa shape index (κ1) is 17.2. The van der Waals surface area contributed by atoms with Crippen molar-refractivity contribution in [1.29, 1.82) is 0 Å². The topological polar surface area (TPSA) is 91.5 Å². The number of benzene rings is 2. The lowest BCUT2D eigenvalue weighted by Crippen LogP contribution is -2.06. The summed E-state index contributed by atoms with van der Waals surface area (Å²) in [7, 11) is 0. The Hall–Kier alpha value is -3.15. The van der Waals surface area contributed by atoms with Crippen molar-refractivity contribution in [2.24, 2.45) is 10.2 Å². The largest absolute Gasteiger partial charge is 0.508 e. The molecule has 2 aromatic carbocycles. The number of hydrogen-bond acceptors (Lipinski definition) is 6. The first-order chi connectivity index (χ1) is 11.6. The zero-order valence-electron chi connectivity index (χ0n) is 13.2. The Balaban J connectivity index is 2.06. The van der Waals surface area contributed by atoms with Crippen LogP contribution in [-0.2, 0) is 4.74 Å². The number of esters is 1. The van der Waals surface area contributed by atoms with E-state index in [1.807, 2.05) is 6.92 Å². The molecule has 0 saturated carbocycles. The highest BCUT2D eigenvalue weighted by Gasteiger charge is 2.12. The van der Waals surface area contributed by atoms with Crippen LogP contribution >= 0.6 is 0 Å². The predicted octanol–water partition coefficient (Wildman–Crippen LogP) is 3.12. The molecule has 0 atom stereocenters. The third kappa shape index (κ3) is 4.95. The highest BCUT2D eigenvalue weighted by atomic mass is 16.5. The summed E-state index contributed by atoms with van der Waals surface area (Å²) in [5.41, 5.74) is 1.49. The molecule has 0 saturated heterocycles. The number of carbonyl (C=O) groups is 1. The monoisotopic (exact) mass is 326 g/mol. The van der Waals surface area contributed by atoms with Gasteiger partial charge in [0.05, 0.1) is 19.0 Å². The average Bonchev–Trinajstić information content (AvgIpc) is 2.59. The summed E-state index contributed by atoms with van der Waals surface area (Å²) in [4.78, 5) is 11.8. The summed E-state index contributed by atoms with van der Waals surface area (Å²) in [6.45, 7) is 2.19. The average molecular weight is 326 g/mol. The lowest BCUT2D eigenvalue weighted by Gasteiger charge is -2.05. The van der Waals surface area contributed by atoms with Crippen LogP contribution in [-0.4, -0.2) is 35.2 Å². The quantitative estimate of drug-likeness (QED) is 0.485. The van der Waals surface area contributed by atoms with Gasteiger partial charge < -0.3 is 14.9 Å². The Kier molecular flexibility index (Phi) is 6.08. The molecule has 6 nitrogen and oxygen atoms in total. The first-order valence-corrected chi connectivity index (χ1v) is 7.45. The molecule has 0 radical (unpaired) electrons. The van der Waals surface area contributed by atoms with Gasteiger partial charge in [-0.25, -0.2) is 4.79 Å². The molecule has 0 heterocycles. The van der Waals surface area contributed by atoms with Crippen LogP contribution in [0.1, 0.15) is 34.8 Å². The van der Waals surface area contributed by atoms with Gasteiger partial charge in [-0.2, -0.15) is 10.2 Å². The zero-order valence-corrected chi connectivity index (χ0v) is 13.2. The van der Waals surface area contributed by atoms with Crippen LogP contribution in [0.2, 0.25) is 0 Å². The van der Waals surface area contributed by atoms with Crippen LogP contribution in [0.3, 0.4) is 0 Å². The van der Waals surface area contributed by atoms with Crippen LogP contribution in [0, 0.1) is 0 Å². The summed E-state index contributed by atoms with van der Waals surface area (Å²) in [6.07, 6.45) is 3.71. The van der Waals surface area contributed by atoms with Crippen LogP contribution in [0.5, 0.6) is 11.5 Å². The predicted molar refractivity (Wildman–Crippen MR) is 92.0 cm³/mol. The van der Waals surface area contributed by atoms with Gasteiger partial charge in [-0.05, 0) is 60.0 Å². The maximum Gasteiger partial charge on any atom is 0.341 e. The standard InChI is InChI=1S/C18H18N2O4/c1-2-9-24-18(23)16-10-14(5-8-17(16)22)12-20-19-11-13-3-6-15(21)7-4-13/h3-8,10-12,21-22H,2,9H2,1H3/b19-11+,20-12+. The number of aromatic hydroxyl groups is 2. The fourth-order valence-corrected chi connectivity index (χ4v) is 1.83. The van der Waals surface area contributed by atoms with Crippen molar-refractivity contribution in [1.82, 2.24) is 0 Å². The van der Waals surface area contributed by atoms with E-state index in [2.05, 4.69) is 10.2 Å². The van der Waals surface area contributed by atoms with Crippen molar-refractivity contribution >= 4 is 18.4 Å². The van der Waals surface area contributed by atoms with E-state index in [0.717, 1.165) is 5.56 Å². The highest BCUT2D eigenvalue weighted by Crippen LogP contribution is 2.19. The van der Waals surface area contributed by atoms with E-state index in [0.29, 0.717) is 18.6 Å². The summed E-state index contributed by atoms with van der Waals surface area (Å²) in [5.74, 6) is -0.528. The van der Waals surface area contributed by atoms with Crippen molar-refractivity contribution < 1.29 is 19.7 Å². The molecular weight excluding hydrogens is 308 g/mol.